The number of aromatic nitrogens is 2. The summed E-state index contributed by atoms with van der Waals surface area (Å²) in [5, 5.41) is 40.4. The van der Waals surface area contributed by atoms with E-state index in [1.54, 1.807) is 30.7 Å². The van der Waals surface area contributed by atoms with Gasteiger partial charge in [-0.3, -0.25) is 14.8 Å². The van der Waals surface area contributed by atoms with Crippen molar-refractivity contribution in [1.29, 1.82) is 0 Å². The van der Waals surface area contributed by atoms with E-state index in [1.165, 1.54) is 13.0 Å². The lowest BCUT2D eigenvalue weighted by molar-refractivity contribution is -0.179. The SMILES string of the molecule is CC(=O)OC1CC(c2cc(O)c(O)c(OCCc3cccnc3)c2)OC2C1C=CC1C#CC3C(CCCC34CCN=C(NCCCc3ccnc(N)c3)N4)Oc3cc(ccc3O)CC12. The van der Waals surface area contributed by atoms with Gasteiger partial charge in [0.15, 0.2) is 29.0 Å². The van der Waals surface area contributed by atoms with Gasteiger partial charge in [-0.1, -0.05) is 36.1 Å². The minimum atomic E-state index is -0.625. The van der Waals surface area contributed by atoms with Gasteiger partial charge in [0.1, 0.15) is 18.0 Å². The third kappa shape index (κ3) is 9.40. The molecule has 4 aromatic rings. The highest BCUT2D eigenvalue weighted by atomic mass is 16.6. The number of allylic oxidation sites excluding steroid dienone is 1. The molecule has 14 nitrogen and oxygen atoms in total. The molecule has 3 aliphatic heterocycles. The molecule has 1 saturated carbocycles. The number of nitrogens with two attached hydrogens (primary N) is 1. The largest absolute Gasteiger partial charge is 0.504 e. The van der Waals surface area contributed by atoms with E-state index in [4.69, 9.17) is 29.7 Å². The first-order chi connectivity index (χ1) is 31.1. The number of rotatable bonds is 10. The molecule has 1 saturated heterocycles. The first-order valence-electron chi connectivity index (χ1n) is 22.5. The number of hydrogen-bond donors (Lipinski definition) is 6. The number of esters is 1. The van der Waals surface area contributed by atoms with Crippen LogP contribution in [-0.2, 0) is 33.5 Å². The molecule has 2 aromatic heterocycles. The van der Waals surface area contributed by atoms with E-state index in [9.17, 15) is 20.1 Å². The molecule has 64 heavy (non-hydrogen) atoms. The Bertz CT molecular complexity index is 2450. The van der Waals surface area contributed by atoms with E-state index in [0.29, 0.717) is 42.9 Å². The Balaban J connectivity index is 1.00. The Morgan fingerprint density at radius 2 is 1.94 bits per heavy atom. The van der Waals surface area contributed by atoms with Gasteiger partial charge in [-0.2, -0.15) is 0 Å². The minimum absolute atomic E-state index is 0.0678. The Kier molecular flexibility index (Phi) is 12.5. The van der Waals surface area contributed by atoms with Crippen LogP contribution in [0.4, 0.5) is 5.82 Å². The number of aryl methyl sites for hydroxylation is 1. The molecular weight excluding hydrogens is 813 g/mol. The van der Waals surface area contributed by atoms with Crippen molar-refractivity contribution in [3.05, 3.63) is 108 Å². The lowest BCUT2D eigenvalue weighted by Gasteiger charge is -2.48. The number of nitrogens with one attached hydrogen (secondary N) is 2. The van der Waals surface area contributed by atoms with Gasteiger partial charge in [-0.25, -0.2) is 4.98 Å². The zero-order valence-electron chi connectivity index (χ0n) is 36.0. The third-order valence-corrected chi connectivity index (χ3v) is 13.4. The van der Waals surface area contributed by atoms with Gasteiger partial charge >= 0.3 is 5.97 Å². The van der Waals surface area contributed by atoms with Gasteiger partial charge in [0, 0.05) is 69.2 Å². The van der Waals surface area contributed by atoms with Crippen molar-refractivity contribution in [1.82, 2.24) is 20.6 Å². The van der Waals surface area contributed by atoms with Crippen LogP contribution < -0.4 is 25.8 Å². The van der Waals surface area contributed by atoms with Crippen molar-refractivity contribution < 1.29 is 39.1 Å². The van der Waals surface area contributed by atoms with Crippen LogP contribution in [0.3, 0.4) is 0 Å². The van der Waals surface area contributed by atoms with Gasteiger partial charge in [0.05, 0.1) is 30.3 Å². The maximum atomic E-state index is 12.7. The second-order valence-electron chi connectivity index (χ2n) is 17.7. The molecule has 2 aromatic carbocycles. The van der Waals surface area contributed by atoms with Crippen LogP contribution in [0.15, 0.2) is 90.3 Å². The van der Waals surface area contributed by atoms with Crippen molar-refractivity contribution in [3.63, 3.8) is 0 Å². The lowest BCUT2D eigenvalue weighted by Crippen LogP contribution is -2.64. The van der Waals surface area contributed by atoms with Crippen molar-refractivity contribution in [3.8, 4) is 40.6 Å². The lowest BCUT2D eigenvalue weighted by atomic mass is 9.67. The summed E-state index contributed by atoms with van der Waals surface area (Å²) in [7, 11) is 0. The highest BCUT2D eigenvalue weighted by Gasteiger charge is 2.50. The predicted molar refractivity (Wildman–Crippen MR) is 240 cm³/mol. The number of phenols is 3. The first-order valence-corrected chi connectivity index (χ1v) is 22.5. The zero-order chi connectivity index (χ0) is 44.2. The second-order valence-corrected chi connectivity index (χ2v) is 17.7. The van der Waals surface area contributed by atoms with Gasteiger partial charge in [0.2, 0.25) is 5.75 Å². The minimum Gasteiger partial charge on any atom is -0.504 e. The van der Waals surface area contributed by atoms with Crippen LogP contribution >= 0.6 is 0 Å². The van der Waals surface area contributed by atoms with E-state index in [-0.39, 0.29) is 59.4 Å². The standard InChI is InChI=1S/C50H56N6O8/c1-30(57)62-43-28-42(35-26-40(59)47(60)45(27-35)61-22-15-32-6-3-18-52-29-32)64-48-36(43)11-9-34-10-12-38-41(63-44-24-33(23-37(34)48)8-13-39(44)58)7-2-16-50(38)17-21-55-49(56-50)54-19-4-5-31-14-20-53-46(51)25-31/h3,6,8-9,11,13-14,18,20,24-27,29,34,36-38,41-43,48,58-60H,2,4-5,7,15-17,19,21-23,28H2,1H3,(H2,51,53)(H2,54,55,56). The molecule has 9 rings (SSSR count). The zero-order valence-corrected chi connectivity index (χ0v) is 36.0. The molecule has 334 valence electrons. The topological polar surface area (TPSA) is 203 Å². The normalized spacial score (nSPS) is 27.9. The highest BCUT2D eigenvalue weighted by molar-refractivity contribution is 5.81. The van der Waals surface area contributed by atoms with E-state index in [1.807, 2.05) is 36.4 Å². The average Bonchev–Trinajstić information content (AvgIpc) is 3.30. The number of ether oxygens (including phenoxy) is 4. The number of benzene rings is 2. The van der Waals surface area contributed by atoms with Crippen molar-refractivity contribution in [2.75, 3.05) is 25.4 Å². The van der Waals surface area contributed by atoms with Crippen LogP contribution in [0.2, 0.25) is 0 Å². The average molecular weight is 869 g/mol. The van der Waals surface area contributed by atoms with Gasteiger partial charge in [-0.05, 0) is 110 Å². The number of nitrogens with zero attached hydrogens (tertiary/aromatic N) is 3. The van der Waals surface area contributed by atoms with Crippen LogP contribution in [-0.4, -0.2) is 80.8 Å². The van der Waals surface area contributed by atoms with Crippen LogP contribution in [0.25, 0.3) is 0 Å². The molecular formula is C50H56N6O8. The number of pyridine rings is 2. The van der Waals surface area contributed by atoms with E-state index >= 15 is 0 Å². The van der Waals surface area contributed by atoms with E-state index in [0.717, 1.165) is 67.7 Å². The van der Waals surface area contributed by atoms with Crippen molar-refractivity contribution in [2.45, 2.75) is 94.7 Å². The number of carbonyl (C=O) groups excluding carboxylic acids is 1. The number of aliphatic imine (C=N–C) groups is 1. The molecule has 7 N–H and O–H groups in total. The molecule has 0 radical (unpaired) electrons. The number of anilines is 1. The number of carbonyl (C=O) groups is 1. The Labute approximate surface area is 373 Å². The summed E-state index contributed by atoms with van der Waals surface area (Å²) < 4.78 is 25.9. The smallest absolute Gasteiger partial charge is 0.302 e. The molecule has 5 aliphatic rings. The summed E-state index contributed by atoms with van der Waals surface area (Å²) in [6.45, 7) is 3.01. The molecule has 9 atom stereocenters. The summed E-state index contributed by atoms with van der Waals surface area (Å²) >= 11 is 0. The third-order valence-electron chi connectivity index (χ3n) is 13.4. The van der Waals surface area contributed by atoms with Gasteiger partial charge in [-0.15, -0.1) is 0 Å². The molecule has 2 bridgehead atoms. The van der Waals surface area contributed by atoms with Crippen LogP contribution in [0, 0.1) is 35.5 Å². The summed E-state index contributed by atoms with van der Waals surface area (Å²) in [4.78, 5) is 25.8. The Hall–Kier alpha value is -6.46. The maximum absolute atomic E-state index is 12.7. The molecule has 2 fully saturated rings. The Morgan fingerprint density at radius 3 is 2.78 bits per heavy atom. The number of nitrogen functional groups attached to an aromatic ring is 1. The summed E-state index contributed by atoms with van der Waals surface area (Å²) in [5.41, 5.74) is 9.12. The highest BCUT2D eigenvalue weighted by Crippen LogP contribution is 2.49. The predicted octanol–water partition coefficient (Wildman–Crippen LogP) is 6.09. The number of fused-ring (bicyclic) bond motifs is 7. The fourth-order valence-electron chi connectivity index (χ4n) is 10.2. The summed E-state index contributed by atoms with van der Waals surface area (Å²) in [6, 6.07) is 16.4. The second kappa shape index (κ2) is 18.7. The summed E-state index contributed by atoms with van der Waals surface area (Å²) in [6.07, 6.45) is 14.0. The molecule has 5 heterocycles. The van der Waals surface area contributed by atoms with Crippen LogP contribution in [0.1, 0.15) is 73.8 Å². The molecule has 14 heteroatoms. The quantitative estimate of drug-likeness (QED) is 0.0352. The van der Waals surface area contributed by atoms with Gasteiger partial charge in [0.25, 0.3) is 0 Å². The fourth-order valence-corrected chi connectivity index (χ4v) is 10.2. The summed E-state index contributed by atoms with van der Waals surface area (Å²) in [5.74, 6) is 7.29. The number of aromatic hydroxyl groups is 3. The van der Waals surface area contributed by atoms with E-state index < -0.39 is 29.8 Å². The van der Waals surface area contributed by atoms with Crippen LogP contribution in [0.5, 0.6) is 28.7 Å². The number of phenolic OH excluding ortho intramolecular Hbond substituents is 3. The Morgan fingerprint density at radius 1 is 1.03 bits per heavy atom. The first kappa shape index (κ1) is 42.8. The molecule has 0 amide bonds. The maximum Gasteiger partial charge on any atom is 0.302 e. The molecule has 9 unspecified atom stereocenters. The van der Waals surface area contributed by atoms with Gasteiger partial charge < -0.3 is 50.6 Å². The monoisotopic (exact) mass is 868 g/mol. The van der Waals surface area contributed by atoms with Crippen molar-refractivity contribution >= 4 is 17.7 Å². The van der Waals surface area contributed by atoms with Crippen molar-refractivity contribution in [2.24, 2.45) is 28.7 Å². The molecule has 1 spiro atoms. The fraction of sp³-hybridized carbons (Fsp3) is 0.440. The number of guanidine groups is 1. The molecule has 2 aliphatic carbocycles. The van der Waals surface area contributed by atoms with E-state index in [2.05, 4.69) is 44.6 Å². The number of hydrogen-bond acceptors (Lipinski definition) is 14.